The van der Waals surface area contributed by atoms with Crippen molar-refractivity contribution in [1.82, 2.24) is 0 Å². The Morgan fingerprint density at radius 1 is 1.43 bits per heavy atom. The number of hydrogen-bond acceptors (Lipinski definition) is 3. The highest BCUT2D eigenvalue weighted by atomic mass is 16.5. The molecule has 1 aromatic rings. The zero-order valence-corrected chi connectivity index (χ0v) is 8.54. The molecule has 0 aliphatic carbocycles. The highest BCUT2D eigenvalue weighted by Gasteiger charge is 2.00. The lowest BCUT2D eigenvalue weighted by molar-refractivity contribution is 0.317. The minimum atomic E-state index is 0.292. The Labute approximate surface area is 84.2 Å². The summed E-state index contributed by atoms with van der Waals surface area (Å²) in [4.78, 5) is 0. The molecule has 0 atom stereocenters. The zero-order valence-electron chi connectivity index (χ0n) is 8.54. The molecule has 0 radical (unpaired) electrons. The first-order valence-electron chi connectivity index (χ1n) is 4.59. The number of methoxy groups -OCH3 is 1. The summed E-state index contributed by atoms with van der Waals surface area (Å²) in [6.07, 6.45) is 0.519. The van der Waals surface area contributed by atoms with Crippen LogP contribution in [0.5, 0.6) is 5.75 Å². The molecule has 0 unspecified atom stereocenters. The average Bonchev–Trinajstić information content (AvgIpc) is 2.18. The van der Waals surface area contributed by atoms with Gasteiger partial charge in [0.1, 0.15) is 5.75 Å². The molecule has 0 bridgehead atoms. The van der Waals surface area contributed by atoms with E-state index < -0.39 is 0 Å². The Bertz CT molecular complexity index is 310. The van der Waals surface area contributed by atoms with Gasteiger partial charge < -0.3 is 9.47 Å². The van der Waals surface area contributed by atoms with Gasteiger partial charge in [-0.2, -0.15) is 0 Å². The van der Waals surface area contributed by atoms with Crippen molar-refractivity contribution in [1.29, 1.82) is 5.41 Å². The van der Waals surface area contributed by atoms with E-state index in [4.69, 9.17) is 14.9 Å². The first-order valence-corrected chi connectivity index (χ1v) is 4.59. The van der Waals surface area contributed by atoms with Gasteiger partial charge in [-0.3, -0.25) is 5.41 Å². The van der Waals surface area contributed by atoms with E-state index in [1.807, 2.05) is 31.2 Å². The fourth-order valence-corrected chi connectivity index (χ4v) is 1.19. The summed E-state index contributed by atoms with van der Waals surface area (Å²) in [7, 11) is 1.63. The minimum Gasteiger partial charge on any atom is -0.497 e. The van der Waals surface area contributed by atoms with Gasteiger partial charge in [-0.1, -0.05) is 12.1 Å². The van der Waals surface area contributed by atoms with Gasteiger partial charge in [-0.15, -0.1) is 0 Å². The Hall–Kier alpha value is -1.51. The molecule has 3 nitrogen and oxygen atoms in total. The van der Waals surface area contributed by atoms with Gasteiger partial charge in [0.25, 0.3) is 0 Å². The lowest BCUT2D eigenvalue weighted by Crippen LogP contribution is -2.06. The third-order valence-electron chi connectivity index (χ3n) is 1.82. The second kappa shape index (κ2) is 5.27. The van der Waals surface area contributed by atoms with E-state index in [0.717, 1.165) is 11.3 Å². The lowest BCUT2D eigenvalue weighted by Gasteiger charge is -2.06. The topological polar surface area (TPSA) is 42.3 Å². The van der Waals surface area contributed by atoms with Gasteiger partial charge in [-0.25, -0.2) is 0 Å². The Balaban J connectivity index is 2.62. The van der Waals surface area contributed by atoms with E-state index >= 15 is 0 Å². The molecule has 0 heterocycles. The van der Waals surface area contributed by atoms with E-state index in [2.05, 4.69) is 0 Å². The molecule has 14 heavy (non-hydrogen) atoms. The van der Waals surface area contributed by atoms with Crippen molar-refractivity contribution in [3.63, 3.8) is 0 Å². The van der Waals surface area contributed by atoms with Crippen molar-refractivity contribution < 1.29 is 9.47 Å². The highest BCUT2D eigenvalue weighted by molar-refractivity contribution is 5.75. The van der Waals surface area contributed by atoms with E-state index in [1.54, 1.807) is 7.11 Å². The predicted octanol–water partition coefficient (Wildman–Crippen LogP) is 2.25. The molecule has 0 saturated carbocycles. The minimum absolute atomic E-state index is 0.292. The van der Waals surface area contributed by atoms with Crippen LogP contribution in [0, 0.1) is 5.41 Å². The summed E-state index contributed by atoms with van der Waals surface area (Å²) in [5.41, 5.74) is 1.03. The molecule has 0 amide bonds. The van der Waals surface area contributed by atoms with Crippen LogP contribution in [0.3, 0.4) is 0 Å². The summed E-state index contributed by atoms with van der Waals surface area (Å²) in [6, 6.07) is 7.66. The summed E-state index contributed by atoms with van der Waals surface area (Å²) in [6.45, 7) is 2.42. The Morgan fingerprint density at radius 3 is 2.86 bits per heavy atom. The molecule has 0 saturated heterocycles. The maximum Gasteiger partial charge on any atom is 0.184 e. The summed E-state index contributed by atoms with van der Waals surface area (Å²) in [5, 5.41) is 7.49. The van der Waals surface area contributed by atoms with Gasteiger partial charge in [0.2, 0.25) is 0 Å². The van der Waals surface area contributed by atoms with Crippen LogP contribution >= 0.6 is 0 Å². The van der Waals surface area contributed by atoms with Crippen LogP contribution in [0.1, 0.15) is 12.5 Å². The van der Waals surface area contributed by atoms with Gasteiger partial charge in [-0.05, 0) is 24.6 Å². The second-order valence-corrected chi connectivity index (χ2v) is 2.88. The van der Waals surface area contributed by atoms with Crippen LogP contribution in [0.15, 0.2) is 24.3 Å². The van der Waals surface area contributed by atoms with Gasteiger partial charge in [0.05, 0.1) is 13.7 Å². The molecule has 0 aliphatic rings. The standard InChI is InChI=1S/C11H15NO2/c1-3-14-11(12)8-9-5-4-6-10(7-9)13-2/h4-7,12H,3,8H2,1-2H3. The third kappa shape index (κ3) is 3.09. The molecule has 0 aliphatic heterocycles. The van der Waals surface area contributed by atoms with Crippen LogP contribution in [0.4, 0.5) is 0 Å². The summed E-state index contributed by atoms with van der Waals surface area (Å²) >= 11 is 0. The Kier molecular flexibility index (Phi) is 3.98. The Morgan fingerprint density at radius 2 is 2.21 bits per heavy atom. The van der Waals surface area contributed by atoms with Crippen LogP contribution in [-0.2, 0) is 11.2 Å². The molecular formula is C11H15NO2. The maximum absolute atomic E-state index is 7.49. The molecule has 1 rings (SSSR count). The van der Waals surface area contributed by atoms with E-state index in [0.29, 0.717) is 18.9 Å². The first kappa shape index (κ1) is 10.6. The van der Waals surface area contributed by atoms with E-state index in [9.17, 15) is 0 Å². The molecule has 1 aromatic carbocycles. The molecule has 0 fully saturated rings. The van der Waals surface area contributed by atoms with Gasteiger partial charge >= 0.3 is 0 Å². The van der Waals surface area contributed by atoms with E-state index in [-0.39, 0.29) is 0 Å². The smallest absolute Gasteiger partial charge is 0.184 e. The summed E-state index contributed by atoms with van der Waals surface area (Å²) < 4.78 is 10.1. The number of hydrogen-bond donors (Lipinski definition) is 1. The van der Waals surface area contributed by atoms with E-state index in [1.165, 1.54) is 0 Å². The van der Waals surface area contributed by atoms with Crippen LogP contribution < -0.4 is 4.74 Å². The van der Waals surface area contributed by atoms with Crippen molar-refractivity contribution in [2.75, 3.05) is 13.7 Å². The van der Waals surface area contributed by atoms with Crippen molar-refractivity contribution in [2.45, 2.75) is 13.3 Å². The first-order chi connectivity index (χ1) is 6.76. The molecule has 1 N–H and O–H groups in total. The number of rotatable bonds is 4. The van der Waals surface area contributed by atoms with Crippen molar-refractivity contribution in [3.05, 3.63) is 29.8 Å². The molecule has 0 aromatic heterocycles. The third-order valence-corrected chi connectivity index (χ3v) is 1.82. The molecule has 3 heteroatoms. The molecular weight excluding hydrogens is 178 g/mol. The number of nitrogens with one attached hydrogen (secondary N) is 1. The second-order valence-electron chi connectivity index (χ2n) is 2.88. The quantitative estimate of drug-likeness (QED) is 0.588. The highest BCUT2D eigenvalue weighted by Crippen LogP contribution is 2.13. The fourth-order valence-electron chi connectivity index (χ4n) is 1.19. The fraction of sp³-hybridized carbons (Fsp3) is 0.364. The monoisotopic (exact) mass is 193 g/mol. The van der Waals surface area contributed by atoms with Crippen molar-refractivity contribution >= 4 is 5.90 Å². The average molecular weight is 193 g/mol. The SMILES string of the molecule is CCOC(=N)Cc1cccc(OC)c1. The predicted molar refractivity (Wildman–Crippen MR) is 56.1 cm³/mol. The van der Waals surface area contributed by atoms with Crippen LogP contribution in [0.25, 0.3) is 0 Å². The zero-order chi connectivity index (χ0) is 10.4. The molecule has 76 valence electrons. The maximum atomic E-state index is 7.49. The summed E-state index contributed by atoms with van der Waals surface area (Å²) in [5.74, 6) is 1.10. The van der Waals surface area contributed by atoms with Gasteiger partial charge in [0.15, 0.2) is 5.90 Å². The largest absolute Gasteiger partial charge is 0.497 e. The van der Waals surface area contributed by atoms with Crippen LogP contribution in [0.2, 0.25) is 0 Å². The molecule has 0 spiro atoms. The van der Waals surface area contributed by atoms with Crippen molar-refractivity contribution in [3.8, 4) is 5.75 Å². The van der Waals surface area contributed by atoms with Crippen LogP contribution in [-0.4, -0.2) is 19.6 Å². The number of benzene rings is 1. The normalized spacial score (nSPS) is 9.57. The number of ether oxygens (including phenoxy) is 2. The van der Waals surface area contributed by atoms with Crippen molar-refractivity contribution in [2.24, 2.45) is 0 Å². The lowest BCUT2D eigenvalue weighted by atomic mass is 10.1. The van der Waals surface area contributed by atoms with Gasteiger partial charge in [0, 0.05) is 6.42 Å².